The van der Waals surface area contributed by atoms with Crippen LogP contribution in [0.5, 0.6) is 0 Å². The Balaban J connectivity index is 1.70. The molecule has 198 valence electrons. The number of carbonyl (C=O) groups is 1. The van der Waals surface area contributed by atoms with Crippen LogP contribution in [0.1, 0.15) is 27.8 Å². The molecule has 10 nitrogen and oxygen atoms in total. The average Bonchev–Trinajstić information content (AvgIpc) is 3.38. The van der Waals surface area contributed by atoms with E-state index in [0.29, 0.717) is 16.8 Å². The van der Waals surface area contributed by atoms with Gasteiger partial charge in [0.05, 0.1) is 28.8 Å². The zero-order valence-electron chi connectivity index (χ0n) is 20.1. The fourth-order valence-corrected chi connectivity index (χ4v) is 3.71. The molecule has 0 fully saturated rings. The normalized spacial score (nSPS) is 12.2. The summed E-state index contributed by atoms with van der Waals surface area (Å²) in [7, 11) is 3.21. The van der Waals surface area contributed by atoms with Crippen LogP contribution < -0.4 is 10.6 Å². The largest absolute Gasteiger partial charge is 0.451 e. The number of nitrogens with zero attached hydrogens (tertiary/aromatic N) is 5. The molecule has 4 aromatic rings. The first-order valence-electron chi connectivity index (χ1n) is 11.1. The van der Waals surface area contributed by atoms with Crippen LogP contribution in [0.3, 0.4) is 0 Å². The van der Waals surface area contributed by atoms with Crippen LogP contribution in [-0.4, -0.2) is 61.8 Å². The SMILES string of the molecule is CN(C)C(=O)c1ccc(Nc2ncc(-c3n[nH]c(C(F)(F)F)n3)c(N[C@H](CO)c3ccccc3)n2)cc1Cl. The number of halogens is 4. The van der Waals surface area contributed by atoms with Crippen LogP contribution in [0.15, 0.2) is 54.7 Å². The third-order valence-electron chi connectivity index (χ3n) is 5.34. The van der Waals surface area contributed by atoms with Crippen molar-refractivity contribution >= 4 is 35.0 Å². The molecule has 0 aliphatic heterocycles. The van der Waals surface area contributed by atoms with Crippen LogP contribution in [0.25, 0.3) is 11.4 Å². The summed E-state index contributed by atoms with van der Waals surface area (Å²) >= 11 is 6.29. The second-order valence-corrected chi connectivity index (χ2v) is 8.68. The summed E-state index contributed by atoms with van der Waals surface area (Å²) in [4.78, 5) is 25.8. The number of anilines is 3. The maximum Gasteiger partial charge on any atom is 0.451 e. The summed E-state index contributed by atoms with van der Waals surface area (Å²) < 4.78 is 39.3. The minimum atomic E-state index is -4.72. The number of carbonyl (C=O) groups excluding carboxylic acids is 1. The highest BCUT2D eigenvalue weighted by Crippen LogP contribution is 2.32. The van der Waals surface area contributed by atoms with Gasteiger partial charge in [-0.1, -0.05) is 41.9 Å². The van der Waals surface area contributed by atoms with Crippen molar-refractivity contribution in [3.8, 4) is 11.4 Å². The number of aromatic amines is 1. The highest BCUT2D eigenvalue weighted by atomic mass is 35.5. The lowest BCUT2D eigenvalue weighted by Gasteiger charge is -2.19. The second kappa shape index (κ2) is 11.0. The molecule has 4 N–H and O–H groups in total. The molecule has 0 aliphatic rings. The number of rotatable bonds is 8. The van der Waals surface area contributed by atoms with E-state index < -0.39 is 18.0 Å². The van der Waals surface area contributed by atoms with E-state index in [0.717, 1.165) is 0 Å². The predicted molar refractivity (Wildman–Crippen MR) is 135 cm³/mol. The van der Waals surface area contributed by atoms with Gasteiger partial charge in [-0.3, -0.25) is 9.89 Å². The second-order valence-electron chi connectivity index (χ2n) is 8.27. The van der Waals surface area contributed by atoms with Crippen molar-refractivity contribution in [3.63, 3.8) is 0 Å². The molecule has 2 aromatic heterocycles. The van der Waals surface area contributed by atoms with Gasteiger partial charge in [0.2, 0.25) is 11.8 Å². The van der Waals surface area contributed by atoms with Crippen molar-refractivity contribution in [1.82, 2.24) is 30.0 Å². The van der Waals surface area contributed by atoms with E-state index in [1.54, 1.807) is 50.5 Å². The number of amides is 1. The topological polar surface area (TPSA) is 132 Å². The van der Waals surface area contributed by atoms with E-state index in [2.05, 4.69) is 30.7 Å². The van der Waals surface area contributed by atoms with Gasteiger partial charge in [0.15, 0.2) is 5.82 Å². The third-order valence-corrected chi connectivity index (χ3v) is 5.65. The molecule has 0 spiro atoms. The quantitative estimate of drug-likeness (QED) is 0.253. The molecule has 14 heteroatoms. The fourth-order valence-electron chi connectivity index (χ4n) is 3.45. The van der Waals surface area contributed by atoms with Gasteiger partial charge in [-0.2, -0.15) is 23.3 Å². The number of hydrogen-bond donors (Lipinski definition) is 4. The van der Waals surface area contributed by atoms with Gasteiger partial charge in [0.1, 0.15) is 5.82 Å². The first-order chi connectivity index (χ1) is 18.1. The lowest BCUT2D eigenvalue weighted by molar-refractivity contribution is -0.144. The van der Waals surface area contributed by atoms with Gasteiger partial charge >= 0.3 is 6.18 Å². The van der Waals surface area contributed by atoms with Crippen LogP contribution in [-0.2, 0) is 6.18 Å². The van der Waals surface area contributed by atoms with Crippen molar-refractivity contribution in [2.75, 3.05) is 31.3 Å². The number of hydrogen-bond acceptors (Lipinski definition) is 8. The van der Waals surface area contributed by atoms with Gasteiger partial charge in [0.25, 0.3) is 5.91 Å². The first kappa shape index (κ1) is 26.8. The lowest BCUT2D eigenvalue weighted by atomic mass is 10.1. The molecule has 0 saturated heterocycles. The molecule has 0 aliphatic carbocycles. The number of alkyl halides is 3. The Hall–Kier alpha value is -4.23. The van der Waals surface area contributed by atoms with E-state index in [9.17, 15) is 23.1 Å². The molecule has 2 heterocycles. The molecule has 2 aromatic carbocycles. The Morgan fingerprint density at radius 1 is 1.16 bits per heavy atom. The lowest BCUT2D eigenvalue weighted by Crippen LogP contribution is -2.22. The Morgan fingerprint density at radius 2 is 1.89 bits per heavy atom. The third kappa shape index (κ3) is 6.01. The summed E-state index contributed by atoms with van der Waals surface area (Å²) in [6.07, 6.45) is -3.47. The number of nitrogens with one attached hydrogen (secondary N) is 3. The zero-order valence-corrected chi connectivity index (χ0v) is 20.8. The summed E-state index contributed by atoms with van der Waals surface area (Å²) in [6, 6.07) is 13.0. The van der Waals surface area contributed by atoms with Crippen molar-refractivity contribution in [2.24, 2.45) is 0 Å². The Kier molecular flexibility index (Phi) is 7.78. The molecule has 38 heavy (non-hydrogen) atoms. The molecule has 0 bridgehead atoms. The number of benzene rings is 2. The molecular weight excluding hydrogens is 525 g/mol. The number of aliphatic hydroxyl groups excluding tert-OH is 1. The Labute approximate surface area is 219 Å². The molecular formula is C24H22ClF3N8O2. The number of aliphatic hydroxyl groups is 1. The summed E-state index contributed by atoms with van der Waals surface area (Å²) in [5.74, 6) is -1.69. The van der Waals surface area contributed by atoms with Gasteiger partial charge in [-0.05, 0) is 23.8 Å². The van der Waals surface area contributed by atoms with Crippen molar-refractivity contribution in [1.29, 1.82) is 0 Å². The van der Waals surface area contributed by atoms with Crippen molar-refractivity contribution < 1.29 is 23.1 Å². The van der Waals surface area contributed by atoms with Crippen LogP contribution in [0.2, 0.25) is 5.02 Å². The minimum Gasteiger partial charge on any atom is -0.394 e. The predicted octanol–water partition coefficient (Wildman–Crippen LogP) is 4.52. The zero-order chi connectivity index (χ0) is 27.4. The van der Waals surface area contributed by atoms with E-state index in [1.807, 2.05) is 11.2 Å². The van der Waals surface area contributed by atoms with E-state index in [4.69, 9.17) is 11.6 Å². The van der Waals surface area contributed by atoms with Crippen LogP contribution >= 0.6 is 11.6 Å². The maximum absolute atomic E-state index is 13.1. The fraction of sp³-hybridized carbons (Fsp3) is 0.208. The van der Waals surface area contributed by atoms with Gasteiger partial charge in [-0.15, -0.1) is 0 Å². The molecule has 1 atom stereocenters. The first-order valence-corrected chi connectivity index (χ1v) is 11.5. The molecule has 0 saturated carbocycles. The molecule has 0 radical (unpaired) electrons. The van der Waals surface area contributed by atoms with E-state index in [1.165, 1.54) is 17.2 Å². The highest BCUT2D eigenvalue weighted by Gasteiger charge is 2.35. The van der Waals surface area contributed by atoms with Crippen molar-refractivity contribution in [3.05, 3.63) is 76.7 Å². The summed E-state index contributed by atoms with van der Waals surface area (Å²) in [5, 5.41) is 21.8. The summed E-state index contributed by atoms with van der Waals surface area (Å²) in [6.45, 7) is -0.338. The van der Waals surface area contributed by atoms with Crippen molar-refractivity contribution in [2.45, 2.75) is 12.2 Å². The van der Waals surface area contributed by atoms with E-state index >= 15 is 0 Å². The number of H-pyrrole nitrogens is 1. The van der Waals surface area contributed by atoms with Gasteiger partial charge in [-0.25, -0.2) is 9.97 Å². The Morgan fingerprint density at radius 3 is 2.50 bits per heavy atom. The maximum atomic E-state index is 13.1. The summed E-state index contributed by atoms with van der Waals surface area (Å²) in [5.41, 5.74) is 1.55. The average molecular weight is 547 g/mol. The standard InChI is InChI=1S/C24H22ClF3N8O2/c1-36(2)21(38)15-9-8-14(10-17(15)25)30-23-29-11-16(20-32-22(35-34-20)24(26,27)28)19(33-23)31-18(12-37)13-6-4-3-5-7-13/h3-11,18,37H,12H2,1-2H3,(H,32,34,35)(H2,29,30,31,33)/t18-/m1/s1. The monoisotopic (exact) mass is 546 g/mol. The van der Waals surface area contributed by atoms with Crippen LogP contribution in [0.4, 0.5) is 30.6 Å². The van der Waals surface area contributed by atoms with Gasteiger partial charge < -0.3 is 20.6 Å². The van der Waals surface area contributed by atoms with Crippen LogP contribution in [0, 0.1) is 0 Å². The molecule has 1 amide bonds. The minimum absolute atomic E-state index is 0.0651. The van der Waals surface area contributed by atoms with Gasteiger partial charge in [0, 0.05) is 26.0 Å². The Bertz CT molecular complexity index is 1430. The molecule has 4 rings (SSSR count). The smallest absolute Gasteiger partial charge is 0.394 e. The number of aromatic nitrogens is 5. The van der Waals surface area contributed by atoms with E-state index in [-0.39, 0.29) is 40.7 Å². The highest BCUT2D eigenvalue weighted by molar-refractivity contribution is 6.34. The molecule has 0 unspecified atom stereocenters.